The standard InChI is InChI=1S/C13H11N3O4/c1-14-13(17)12-8-11(6-7-15-12)20-10-4-2-9(3-5-10)16(18)19/h2-8H,1H3,(H,14,17). The number of ether oxygens (including phenoxy) is 1. The SMILES string of the molecule is CNC(=O)c1cc(Oc2ccc([N+](=O)[O-])cc2)ccn1. The van der Waals surface area contributed by atoms with Gasteiger partial charge >= 0.3 is 0 Å². The number of rotatable bonds is 4. The normalized spacial score (nSPS) is 9.85. The van der Waals surface area contributed by atoms with Gasteiger partial charge in [0.05, 0.1) is 4.92 Å². The summed E-state index contributed by atoms with van der Waals surface area (Å²) in [6, 6.07) is 8.73. The third-order valence-electron chi connectivity index (χ3n) is 2.47. The van der Waals surface area contributed by atoms with Crippen LogP contribution in [0, 0.1) is 10.1 Å². The van der Waals surface area contributed by atoms with E-state index in [1.165, 1.54) is 43.6 Å². The zero-order valence-electron chi connectivity index (χ0n) is 10.6. The van der Waals surface area contributed by atoms with E-state index < -0.39 is 4.92 Å². The molecule has 0 bridgehead atoms. The minimum Gasteiger partial charge on any atom is -0.457 e. The summed E-state index contributed by atoms with van der Waals surface area (Å²) >= 11 is 0. The first-order chi connectivity index (χ1) is 9.60. The van der Waals surface area contributed by atoms with Crippen molar-refractivity contribution >= 4 is 11.6 Å². The van der Waals surface area contributed by atoms with E-state index >= 15 is 0 Å². The monoisotopic (exact) mass is 273 g/mol. The maximum absolute atomic E-state index is 11.4. The average Bonchev–Trinajstić information content (AvgIpc) is 2.47. The van der Waals surface area contributed by atoms with Gasteiger partial charge in [-0.1, -0.05) is 0 Å². The van der Waals surface area contributed by atoms with Crippen LogP contribution < -0.4 is 10.1 Å². The Kier molecular flexibility index (Phi) is 3.90. The van der Waals surface area contributed by atoms with Crippen LogP contribution in [0.2, 0.25) is 0 Å². The summed E-state index contributed by atoms with van der Waals surface area (Å²) in [4.78, 5) is 25.4. The second-order valence-electron chi connectivity index (χ2n) is 3.81. The summed E-state index contributed by atoms with van der Waals surface area (Å²) in [6.45, 7) is 0. The number of amides is 1. The predicted octanol–water partition coefficient (Wildman–Crippen LogP) is 2.14. The lowest BCUT2D eigenvalue weighted by Gasteiger charge is -2.06. The topological polar surface area (TPSA) is 94.4 Å². The van der Waals surface area contributed by atoms with Crippen LogP contribution in [0.1, 0.15) is 10.5 Å². The van der Waals surface area contributed by atoms with Gasteiger partial charge in [-0.3, -0.25) is 19.9 Å². The third kappa shape index (κ3) is 3.08. The molecule has 2 aromatic rings. The Balaban J connectivity index is 2.17. The molecule has 2 rings (SSSR count). The fourth-order valence-corrected chi connectivity index (χ4v) is 1.50. The highest BCUT2D eigenvalue weighted by Gasteiger charge is 2.08. The van der Waals surface area contributed by atoms with Crippen molar-refractivity contribution in [3.8, 4) is 11.5 Å². The first kappa shape index (κ1) is 13.5. The summed E-state index contributed by atoms with van der Waals surface area (Å²) in [6.07, 6.45) is 1.45. The van der Waals surface area contributed by atoms with Crippen molar-refractivity contribution in [2.45, 2.75) is 0 Å². The molecule has 0 aliphatic heterocycles. The number of hydrogen-bond acceptors (Lipinski definition) is 5. The molecule has 20 heavy (non-hydrogen) atoms. The molecule has 0 atom stereocenters. The number of non-ortho nitro benzene ring substituents is 1. The van der Waals surface area contributed by atoms with Gasteiger partial charge in [-0.25, -0.2) is 0 Å². The molecule has 102 valence electrons. The number of nitrogens with one attached hydrogen (secondary N) is 1. The van der Waals surface area contributed by atoms with Crippen molar-refractivity contribution in [3.63, 3.8) is 0 Å². The van der Waals surface area contributed by atoms with Crippen LogP contribution >= 0.6 is 0 Å². The number of carbonyl (C=O) groups excluding carboxylic acids is 1. The number of nitrogens with zero attached hydrogens (tertiary/aromatic N) is 2. The lowest BCUT2D eigenvalue weighted by atomic mass is 10.3. The highest BCUT2D eigenvalue weighted by atomic mass is 16.6. The molecular formula is C13H11N3O4. The van der Waals surface area contributed by atoms with Crippen LogP contribution in [0.25, 0.3) is 0 Å². The molecule has 1 N–H and O–H groups in total. The van der Waals surface area contributed by atoms with E-state index in [-0.39, 0.29) is 17.3 Å². The zero-order chi connectivity index (χ0) is 14.5. The molecule has 0 spiro atoms. The Morgan fingerprint density at radius 1 is 1.25 bits per heavy atom. The molecule has 7 nitrogen and oxygen atoms in total. The Morgan fingerprint density at radius 3 is 2.55 bits per heavy atom. The maximum Gasteiger partial charge on any atom is 0.269 e. The van der Waals surface area contributed by atoms with E-state index in [4.69, 9.17) is 4.74 Å². The fourth-order valence-electron chi connectivity index (χ4n) is 1.50. The lowest BCUT2D eigenvalue weighted by molar-refractivity contribution is -0.384. The van der Waals surface area contributed by atoms with Crippen LogP contribution in [-0.2, 0) is 0 Å². The van der Waals surface area contributed by atoms with E-state index in [0.29, 0.717) is 11.5 Å². The molecule has 0 aliphatic carbocycles. The molecular weight excluding hydrogens is 262 g/mol. The molecule has 0 saturated carbocycles. The van der Waals surface area contributed by atoms with Gasteiger partial charge < -0.3 is 10.1 Å². The van der Waals surface area contributed by atoms with Gasteiger partial charge in [0.15, 0.2) is 0 Å². The number of pyridine rings is 1. The van der Waals surface area contributed by atoms with Crippen molar-refractivity contribution in [1.29, 1.82) is 0 Å². The zero-order valence-corrected chi connectivity index (χ0v) is 10.6. The van der Waals surface area contributed by atoms with Crippen LogP contribution in [0.15, 0.2) is 42.6 Å². The summed E-state index contributed by atoms with van der Waals surface area (Å²) in [5, 5.41) is 13.0. The largest absolute Gasteiger partial charge is 0.457 e. The summed E-state index contributed by atoms with van der Waals surface area (Å²) in [5.41, 5.74) is 0.213. The Bertz CT molecular complexity index is 640. The third-order valence-corrected chi connectivity index (χ3v) is 2.47. The molecule has 0 unspecified atom stereocenters. The average molecular weight is 273 g/mol. The summed E-state index contributed by atoms with van der Waals surface area (Å²) in [7, 11) is 1.51. The van der Waals surface area contributed by atoms with Crippen LogP contribution in [0.3, 0.4) is 0 Å². The first-order valence-corrected chi connectivity index (χ1v) is 5.70. The van der Waals surface area contributed by atoms with Crippen LogP contribution in [-0.4, -0.2) is 22.9 Å². The lowest BCUT2D eigenvalue weighted by Crippen LogP contribution is -2.18. The Hall–Kier alpha value is -2.96. The molecule has 1 aromatic carbocycles. The number of aromatic nitrogens is 1. The molecule has 0 fully saturated rings. The predicted molar refractivity (Wildman–Crippen MR) is 70.8 cm³/mol. The van der Waals surface area contributed by atoms with Gasteiger partial charge in [0.1, 0.15) is 17.2 Å². The van der Waals surface area contributed by atoms with Gasteiger partial charge in [0.2, 0.25) is 0 Å². The van der Waals surface area contributed by atoms with E-state index in [2.05, 4.69) is 10.3 Å². The Morgan fingerprint density at radius 2 is 1.95 bits per heavy atom. The van der Waals surface area contributed by atoms with Crippen LogP contribution in [0.4, 0.5) is 5.69 Å². The Labute approximate surface area is 114 Å². The van der Waals surface area contributed by atoms with Crippen molar-refractivity contribution in [1.82, 2.24) is 10.3 Å². The summed E-state index contributed by atoms with van der Waals surface area (Å²) in [5.74, 6) is 0.538. The summed E-state index contributed by atoms with van der Waals surface area (Å²) < 4.78 is 5.51. The molecule has 1 aromatic heterocycles. The molecule has 0 aliphatic rings. The van der Waals surface area contributed by atoms with E-state index in [1.54, 1.807) is 6.07 Å². The van der Waals surface area contributed by atoms with E-state index in [1.807, 2.05) is 0 Å². The van der Waals surface area contributed by atoms with Gasteiger partial charge in [0, 0.05) is 31.4 Å². The smallest absolute Gasteiger partial charge is 0.269 e. The maximum atomic E-state index is 11.4. The van der Waals surface area contributed by atoms with Crippen molar-refractivity contribution in [2.24, 2.45) is 0 Å². The number of nitro groups is 1. The van der Waals surface area contributed by atoms with Crippen LogP contribution in [0.5, 0.6) is 11.5 Å². The molecule has 0 radical (unpaired) electrons. The second kappa shape index (κ2) is 5.79. The number of benzene rings is 1. The minimum absolute atomic E-state index is 0.0156. The van der Waals surface area contributed by atoms with Crippen molar-refractivity contribution in [3.05, 3.63) is 58.4 Å². The molecule has 7 heteroatoms. The number of carbonyl (C=O) groups is 1. The van der Waals surface area contributed by atoms with Gasteiger partial charge in [0.25, 0.3) is 11.6 Å². The highest BCUT2D eigenvalue weighted by molar-refractivity contribution is 5.92. The van der Waals surface area contributed by atoms with Gasteiger partial charge in [-0.15, -0.1) is 0 Å². The molecule has 0 saturated heterocycles. The molecule has 1 heterocycles. The van der Waals surface area contributed by atoms with E-state index in [9.17, 15) is 14.9 Å². The van der Waals surface area contributed by atoms with Crippen molar-refractivity contribution < 1.29 is 14.5 Å². The van der Waals surface area contributed by atoms with Crippen molar-refractivity contribution in [2.75, 3.05) is 7.05 Å². The van der Waals surface area contributed by atoms with E-state index in [0.717, 1.165) is 0 Å². The first-order valence-electron chi connectivity index (χ1n) is 5.70. The minimum atomic E-state index is -0.486. The number of nitro benzene ring substituents is 1. The molecule has 1 amide bonds. The fraction of sp³-hybridized carbons (Fsp3) is 0.0769. The van der Waals surface area contributed by atoms with Gasteiger partial charge in [-0.05, 0) is 18.2 Å². The number of hydrogen-bond donors (Lipinski definition) is 1. The quantitative estimate of drug-likeness (QED) is 0.680. The second-order valence-corrected chi connectivity index (χ2v) is 3.81. The van der Waals surface area contributed by atoms with Gasteiger partial charge in [-0.2, -0.15) is 0 Å². The highest BCUT2D eigenvalue weighted by Crippen LogP contribution is 2.23.